The van der Waals surface area contributed by atoms with Crippen LogP contribution in [0.5, 0.6) is 5.75 Å². The van der Waals surface area contributed by atoms with E-state index in [4.69, 9.17) is 27.9 Å². The smallest absolute Gasteiger partial charge is 0.119 e. The molecule has 0 saturated heterocycles. The molecule has 1 N–H and O–H groups in total. The second-order valence-corrected chi connectivity index (χ2v) is 6.88. The van der Waals surface area contributed by atoms with Crippen molar-refractivity contribution in [3.8, 4) is 5.75 Å². The Balaban J connectivity index is 1.97. The first-order chi connectivity index (χ1) is 10.6. The van der Waals surface area contributed by atoms with Crippen molar-refractivity contribution >= 4 is 23.2 Å². The lowest BCUT2D eigenvalue weighted by Gasteiger charge is -2.36. The van der Waals surface area contributed by atoms with Gasteiger partial charge in [-0.25, -0.2) is 0 Å². The van der Waals surface area contributed by atoms with Crippen LogP contribution >= 0.6 is 23.2 Å². The van der Waals surface area contributed by atoms with Gasteiger partial charge in [0.05, 0.1) is 17.2 Å². The van der Waals surface area contributed by atoms with Gasteiger partial charge in [0.25, 0.3) is 0 Å². The van der Waals surface area contributed by atoms with Gasteiger partial charge in [-0.2, -0.15) is 0 Å². The van der Waals surface area contributed by atoms with Crippen LogP contribution in [0.1, 0.15) is 29.9 Å². The van der Waals surface area contributed by atoms with Crippen LogP contribution in [0.4, 0.5) is 0 Å². The molecule has 1 aromatic carbocycles. The average molecular weight is 338 g/mol. The van der Waals surface area contributed by atoms with E-state index < -0.39 is 0 Å². The third kappa shape index (κ3) is 3.05. The van der Waals surface area contributed by atoms with Gasteiger partial charge in [-0.05, 0) is 61.4 Å². The van der Waals surface area contributed by atoms with E-state index in [0.717, 1.165) is 25.0 Å². The number of halogens is 2. The van der Waals surface area contributed by atoms with Crippen LogP contribution in [-0.2, 0) is 6.42 Å². The fraction of sp³-hybridized carbons (Fsp3) is 0.444. The number of hydrogen-bond acceptors (Lipinski definition) is 2. The molecule has 0 amide bonds. The Labute approximate surface area is 142 Å². The second-order valence-electron chi connectivity index (χ2n) is 6.06. The summed E-state index contributed by atoms with van der Waals surface area (Å²) in [5.74, 6) is 1.74. The zero-order valence-corrected chi connectivity index (χ0v) is 14.4. The molecule has 2 aliphatic carbocycles. The van der Waals surface area contributed by atoms with Gasteiger partial charge in [0.2, 0.25) is 0 Å². The summed E-state index contributed by atoms with van der Waals surface area (Å²) >= 11 is 12.4. The van der Waals surface area contributed by atoms with Gasteiger partial charge in [-0.1, -0.05) is 41.4 Å². The number of hydrogen-bond donors (Lipinski definition) is 1. The highest BCUT2D eigenvalue weighted by Gasteiger charge is 2.32. The molecule has 1 unspecified atom stereocenters. The van der Waals surface area contributed by atoms with E-state index in [9.17, 15) is 0 Å². The van der Waals surface area contributed by atoms with Gasteiger partial charge in [0.1, 0.15) is 5.75 Å². The molecule has 2 aliphatic rings. The van der Waals surface area contributed by atoms with E-state index >= 15 is 0 Å². The maximum atomic E-state index is 6.26. The Bertz CT molecular complexity index is 624. The lowest BCUT2D eigenvalue weighted by Crippen LogP contribution is -2.35. The molecule has 0 heterocycles. The summed E-state index contributed by atoms with van der Waals surface area (Å²) in [6.45, 7) is 0. The highest BCUT2D eigenvalue weighted by Crippen LogP contribution is 2.43. The quantitative estimate of drug-likeness (QED) is 0.871. The van der Waals surface area contributed by atoms with Crippen molar-refractivity contribution < 1.29 is 4.74 Å². The highest BCUT2D eigenvalue weighted by molar-refractivity contribution is 6.44. The van der Waals surface area contributed by atoms with Crippen LogP contribution in [0.25, 0.3) is 0 Å². The first-order valence-corrected chi connectivity index (χ1v) is 8.45. The second kappa shape index (κ2) is 6.66. The number of fused-ring (bicyclic) bond motifs is 1. The average Bonchev–Trinajstić information content (AvgIpc) is 2.55. The fourth-order valence-electron chi connectivity index (χ4n) is 3.59. The molecule has 1 aromatic rings. The van der Waals surface area contributed by atoms with E-state index in [-0.39, 0.29) is 0 Å². The van der Waals surface area contributed by atoms with Crippen molar-refractivity contribution in [3.05, 3.63) is 51.5 Å². The summed E-state index contributed by atoms with van der Waals surface area (Å²) in [4.78, 5) is 0. The van der Waals surface area contributed by atoms with Gasteiger partial charge < -0.3 is 10.1 Å². The number of allylic oxidation sites excluding steroid dienone is 4. The van der Waals surface area contributed by atoms with Crippen molar-refractivity contribution in [1.82, 2.24) is 5.32 Å². The molecule has 3 atom stereocenters. The lowest BCUT2D eigenvalue weighted by molar-refractivity contribution is 0.371. The number of methoxy groups -OCH3 is 1. The monoisotopic (exact) mass is 337 g/mol. The van der Waals surface area contributed by atoms with Crippen molar-refractivity contribution in [2.45, 2.75) is 31.2 Å². The summed E-state index contributed by atoms with van der Waals surface area (Å²) in [6, 6.07) is 6.93. The molecule has 0 radical (unpaired) electrons. The molecule has 0 spiro atoms. The molecule has 0 aromatic heterocycles. The molecule has 2 nitrogen and oxygen atoms in total. The molecule has 0 fully saturated rings. The van der Waals surface area contributed by atoms with Crippen molar-refractivity contribution in [2.24, 2.45) is 5.92 Å². The minimum atomic E-state index is 0.386. The van der Waals surface area contributed by atoms with Crippen molar-refractivity contribution in [1.29, 1.82) is 0 Å². The molecular formula is C18H21Cl2NO. The zero-order valence-electron chi connectivity index (χ0n) is 12.9. The standard InChI is InChI=1S/C18H21Cl2NO/c1-21-13-7-11-3-5-14(22-2)10-16(11)15(9-13)12-4-6-17(19)18(20)8-12/h3,5-6,8,10,12-13,15,21H,4,7,9H2,1-2H3/t12?,13-,15-/m0/s1. The van der Waals surface area contributed by atoms with Gasteiger partial charge in [-0.3, -0.25) is 0 Å². The summed E-state index contributed by atoms with van der Waals surface area (Å²) in [6.07, 6.45) is 7.26. The Morgan fingerprint density at radius 1 is 1.23 bits per heavy atom. The number of rotatable bonds is 3. The van der Waals surface area contributed by atoms with E-state index in [2.05, 4.69) is 23.5 Å². The molecule has 4 heteroatoms. The van der Waals surface area contributed by atoms with Gasteiger partial charge >= 0.3 is 0 Å². The van der Waals surface area contributed by atoms with Gasteiger partial charge in [0.15, 0.2) is 0 Å². The Morgan fingerprint density at radius 3 is 2.73 bits per heavy atom. The predicted octanol–water partition coefficient (Wildman–Crippen LogP) is 4.58. The van der Waals surface area contributed by atoms with E-state index in [1.54, 1.807) is 7.11 Å². The molecule has 0 saturated carbocycles. The maximum absolute atomic E-state index is 6.26. The number of benzene rings is 1. The van der Waals surface area contributed by atoms with Crippen LogP contribution in [0.15, 0.2) is 40.4 Å². The molecule has 3 rings (SSSR count). The minimum absolute atomic E-state index is 0.386. The third-order valence-electron chi connectivity index (χ3n) is 4.84. The normalized spacial score (nSPS) is 27.7. The summed E-state index contributed by atoms with van der Waals surface area (Å²) in [5, 5.41) is 4.78. The SMILES string of the molecule is CN[C@H]1Cc2ccc(OC)cc2[C@H](C2C=C(Cl)C(Cl)=CC2)C1. The van der Waals surface area contributed by atoms with Crippen LogP contribution < -0.4 is 10.1 Å². The highest BCUT2D eigenvalue weighted by atomic mass is 35.5. The van der Waals surface area contributed by atoms with Crippen molar-refractivity contribution in [2.75, 3.05) is 14.2 Å². The van der Waals surface area contributed by atoms with E-state index in [1.165, 1.54) is 11.1 Å². The number of nitrogens with one attached hydrogen (secondary N) is 1. The van der Waals surface area contributed by atoms with E-state index in [1.807, 2.05) is 19.2 Å². The lowest BCUT2D eigenvalue weighted by atomic mass is 9.72. The first kappa shape index (κ1) is 15.9. The third-order valence-corrected chi connectivity index (χ3v) is 5.62. The molecule has 0 aliphatic heterocycles. The van der Waals surface area contributed by atoms with Gasteiger partial charge in [0, 0.05) is 6.04 Å². The van der Waals surface area contributed by atoms with Crippen LogP contribution in [0.2, 0.25) is 0 Å². The largest absolute Gasteiger partial charge is 0.497 e. The molecule has 118 valence electrons. The molecular weight excluding hydrogens is 317 g/mol. The van der Waals surface area contributed by atoms with Crippen LogP contribution in [-0.4, -0.2) is 20.2 Å². The number of likely N-dealkylation sites (N-methyl/N-ethyl adjacent to an activating group) is 1. The summed E-state index contributed by atoms with van der Waals surface area (Å²) in [7, 11) is 3.76. The van der Waals surface area contributed by atoms with E-state index in [0.29, 0.717) is 27.9 Å². The first-order valence-electron chi connectivity index (χ1n) is 7.69. The number of ether oxygens (including phenoxy) is 1. The maximum Gasteiger partial charge on any atom is 0.119 e. The fourth-order valence-corrected chi connectivity index (χ4v) is 3.98. The Kier molecular flexibility index (Phi) is 4.82. The Morgan fingerprint density at radius 2 is 2.05 bits per heavy atom. The summed E-state index contributed by atoms with van der Waals surface area (Å²) < 4.78 is 5.42. The molecule has 22 heavy (non-hydrogen) atoms. The van der Waals surface area contributed by atoms with Gasteiger partial charge in [-0.15, -0.1) is 0 Å². The predicted molar refractivity (Wildman–Crippen MR) is 92.9 cm³/mol. The topological polar surface area (TPSA) is 21.3 Å². The summed E-state index contributed by atoms with van der Waals surface area (Å²) in [5.41, 5.74) is 2.80. The minimum Gasteiger partial charge on any atom is -0.497 e. The Hall–Kier alpha value is -0.960. The van der Waals surface area contributed by atoms with Crippen LogP contribution in [0.3, 0.4) is 0 Å². The van der Waals surface area contributed by atoms with Crippen LogP contribution in [0, 0.1) is 5.92 Å². The zero-order chi connectivity index (χ0) is 15.7. The van der Waals surface area contributed by atoms with Crippen molar-refractivity contribution in [3.63, 3.8) is 0 Å². The molecule has 0 bridgehead atoms.